The molecule has 25 heavy (non-hydrogen) atoms. The molecule has 3 nitrogen and oxygen atoms in total. The molecule has 130 valence electrons. The van der Waals surface area contributed by atoms with Crippen molar-refractivity contribution in [2.75, 3.05) is 5.75 Å². The summed E-state index contributed by atoms with van der Waals surface area (Å²) in [6, 6.07) is 16.1. The molecule has 0 N–H and O–H groups in total. The number of nitrogens with zero attached hydrogens (tertiary/aromatic N) is 1. The molecule has 0 radical (unpaired) electrons. The van der Waals surface area contributed by atoms with E-state index in [4.69, 9.17) is 11.6 Å². The minimum atomic E-state index is -2.92. The van der Waals surface area contributed by atoms with Gasteiger partial charge in [-0.05, 0) is 68.1 Å². The molecule has 1 heterocycles. The van der Waals surface area contributed by atoms with Crippen molar-refractivity contribution in [3.8, 4) is 5.69 Å². The van der Waals surface area contributed by atoms with Crippen LogP contribution in [0, 0.1) is 6.92 Å². The third kappa shape index (κ3) is 3.33. The van der Waals surface area contributed by atoms with E-state index in [1.54, 1.807) is 0 Å². The van der Waals surface area contributed by atoms with Gasteiger partial charge in [0.2, 0.25) is 0 Å². The molecular formula is C20H20ClNO2S. The summed E-state index contributed by atoms with van der Waals surface area (Å²) < 4.78 is 26.5. The summed E-state index contributed by atoms with van der Waals surface area (Å²) in [5.74, 6) is 0.240. The Kier molecular flexibility index (Phi) is 4.13. The summed E-state index contributed by atoms with van der Waals surface area (Å²) >= 11 is 6.00. The van der Waals surface area contributed by atoms with Crippen LogP contribution in [0.1, 0.15) is 24.1 Å². The first-order valence-electron chi connectivity index (χ1n) is 8.52. The lowest BCUT2D eigenvalue weighted by molar-refractivity contribution is 0.594. The van der Waals surface area contributed by atoms with E-state index in [0.717, 1.165) is 40.7 Å². The van der Waals surface area contributed by atoms with E-state index in [-0.39, 0.29) is 11.0 Å². The van der Waals surface area contributed by atoms with Gasteiger partial charge in [0.25, 0.3) is 0 Å². The lowest BCUT2D eigenvalue weighted by atomic mass is 10.1. The standard InChI is InChI=1S/C20H20ClNO2S/c1-14-12-16-3-2-15(10-11-25(23,24)19-8-9-19)13-20(16)22(14)18-6-4-17(21)5-7-18/h2-7,12-13,19H,8-11H2,1H3. The first-order valence-corrected chi connectivity index (χ1v) is 10.6. The van der Waals surface area contributed by atoms with Gasteiger partial charge in [0.1, 0.15) is 0 Å². The van der Waals surface area contributed by atoms with E-state index in [9.17, 15) is 8.42 Å². The van der Waals surface area contributed by atoms with E-state index in [2.05, 4.69) is 29.7 Å². The topological polar surface area (TPSA) is 39.1 Å². The SMILES string of the molecule is Cc1cc2ccc(CCS(=O)(=O)C3CC3)cc2n1-c1ccc(Cl)cc1. The summed E-state index contributed by atoms with van der Waals surface area (Å²) in [5, 5.41) is 1.78. The van der Waals surface area contributed by atoms with E-state index in [1.807, 2.05) is 30.3 Å². The Morgan fingerprint density at radius 3 is 2.48 bits per heavy atom. The number of hydrogen-bond acceptors (Lipinski definition) is 2. The molecule has 0 spiro atoms. The van der Waals surface area contributed by atoms with Gasteiger partial charge in [0, 0.05) is 21.8 Å². The number of aromatic nitrogens is 1. The normalized spacial score (nSPS) is 15.0. The van der Waals surface area contributed by atoms with Crippen LogP contribution in [0.4, 0.5) is 0 Å². The molecule has 0 bridgehead atoms. The molecule has 1 aliphatic rings. The fourth-order valence-corrected chi connectivity index (χ4v) is 5.16. The minimum Gasteiger partial charge on any atom is -0.314 e. The number of hydrogen-bond donors (Lipinski definition) is 0. The third-order valence-electron chi connectivity index (χ3n) is 4.85. The zero-order valence-corrected chi connectivity index (χ0v) is 15.6. The molecule has 3 aromatic rings. The highest BCUT2D eigenvalue weighted by atomic mass is 35.5. The number of sulfone groups is 1. The zero-order chi connectivity index (χ0) is 17.6. The van der Waals surface area contributed by atoms with Crippen molar-refractivity contribution in [2.45, 2.75) is 31.4 Å². The highest BCUT2D eigenvalue weighted by Crippen LogP contribution is 2.30. The van der Waals surface area contributed by atoms with Crippen LogP contribution in [0.25, 0.3) is 16.6 Å². The molecular weight excluding hydrogens is 354 g/mol. The highest BCUT2D eigenvalue weighted by Gasteiger charge is 2.34. The number of rotatable bonds is 5. The number of fused-ring (bicyclic) bond motifs is 1. The maximum Gasteiger partial charge on any atom is 0.153 e. The monoisotopic (exact) mass is 373 g/mol. The summed E-state index contributed by atoms with van der Waals surface area (Å²) in [6.07, 6.45) is 2.24. The molecule has 5 heteroatoms. The quantitative estimate of drug-likeness (QED) is 0.649. The van der Waals surface area contributed by atoms with Gasteiger partial charge in [0.05, 0.1) is 16.5 Å². The molecule has 0 atom stereocenters. The van der Waals surface area contributed by atoms with Crippen molar-refractivity contribution in [1.82, 2.24) is 4.57 Å². The van der Waals surface area contributed by atoms with Gasteiger partial charge in [-0.3, -0.25) is 0 Å². The molecule has 1 aromatic heterocycles. The maximum atomic E-state index is 12.1. The van der Waals surface area contributed by atoms with Gasteiger partial charge < -0.3 is 4.57 Å². The second-order valence-electron chi connectivity index (χ2n) is 6.81. The Morgan fingerprint density at radius 2 is 1.80 bits per heavy atom. The predicted molar refractivity (Wildman–Crippen MR) is 104 cm³/mol. The van der Waals surface area contributed by atoms with Crippen LogP contribution in [0.2, 0.25) is 5.02 Å². The van der Waals surface area contributed by atoms with E-state index >= 15 is 0 Å². The van der Waals surface area contributed by atoms with Gasteiger partial charge in [-0.25, -0.2) is 8.42 Å². The number of aryl methyl sites for hydroxylation is 2. The molecule has 2 aromatic carbocycles. The molecule has 0 unspecified atom stereocenters. The summed E-state index contributed by atoms with van der Waals surface area (Å²) in [4.78, 5) is 0. The zero-order valence-electron chi connectivity index (χ0n) is 14.1. The Labute approximate surface area is 153 Å². The first kappa shape index (κ1) is 16.7. The van der Waals surface area contributed by atoms with E-state index in [1.165, 1.54) is 0 Å². The average molecular weight is 374 g/mol. The molecule has 0 amide bonds. The van der Waals surface area contributed by atoms with Crippen molar-refractivity contribution >= 4 is 32.3 Å². The molecule has 1 aliphatic carbocycles. The molecule has 0 saturated heterocycles. The molecule has 0 aliphatic heterocycles. The number of benzene rings is 2. The van der Waals surface area contributed by atoms with Gasteiger partial charge in [-0.1, -0.05) is 23.7 Å². The molecule has 1 fully saturated rings. The second kappa shape index (κ2) is 6.19. The van der Waals surface area contributed by atoms with Crippen LogP contribution in [-0.4, -0.2) is 24.0 Å². The maximum absolute atomic E-state index is 12.1. The summed E-state index contributed by atoms with van der Waals surface area (Å²) in [7, 11) is -2.92. The van der Waals surface area contributed by atoms with E-state index < -0.39 is 9.84 Å². The summed E-state index contributed by atoms with van der Waals surface area (Å²) in [6.45, 7) is 2.08. The van der Waals surface area contributed by atoms with Crippen LogP contribution in [0.5, 0.6) is 0 Å². The fraction of sp³-hybridized carbons (Fsp3) is 0.300. The second-order valence-corrected chi connectivity index (χ2v) is 9.64. The van der Waals surface area contributed by atoms with Crippen molar-refractivity contribution in [3.05, 3.63) is 64.8 Å². The fourth-order valence-electron chi connectivity index (χ4n) is 3.33. The van der Waals surface area contributed by atoms with Crippen LogP contribution < -0.4 is 0 Å². The Balaban J connectivity index is 1.69. The van der Waals surface area contributed by atoms with Crippen LogP contribution in [-0.2, 0) is 16.3 Å². The molecule has 4 rings (SSSR count). The van der Waals surface area contributed by atoms with Gasteiger partial charge in [-0.2, -0.15) is 0 Å². The summed E-state index contributed by atoms with van der Waals surface area (Å²) in [5.41, 5.74) is 4.35. The van der Waals surface area contributed by atoms with Crippen LogP contribution in [0.3, 0.4) is 0 Å². The largest absolute Gasteiger partial charge is 0.314 e. The molecule has 1 saturated carbocycles. The minimum absolute atomic E-state index is 0.0867. The van der Waals surface area contributed by atoms with Crippen LogP contribution in [0.15, 0.2) is 48.5 Å². The van der Waals surface area contributed by atoms with Crippen molar-refractivity contribution in [2.24, 2.45) is 0 Å². The first-order chi connectivity index (χ1) is 11.9. The smallest absolute Gasteiger partial charge is 0.153 e. The predicted octanol–water partition coefficient (Wildman–Crippen LogP) is 4.71. The highest BCUT2D eigenvalue weighted by molar-refractivity contribution is 7.92. The third-order valence-corrected chi connectivity index (χ3v) is 7.36. The van der Waals surface area contributed by atoms with Crippen molar-refractivity contribution in [1.29, 1.82) is 0 Å². The van der Waals surface area contributed by atoms with Crippen molar-refractivity contribution in [3.63, 3.8) is 0 Å². The average Bonchev–Trinajstić information content (AvgIpc) is 3.38. The Hall–Kier alpha value is -1.78. The van der Waals surface area contributed by atoms with Crippen LogP contribution >= 0.6 is 11.6 Å². The lowest BCUT2D eigenvalue weighted by Crippen LogP contribution is -2.13. The number of halogens is 1. The Morgan fingerprint density at radius 1 is 1.08 bits per heavy atom. The Bertz CT molecular complexity index is 1030. The van der Waals surface area contributed by atoms with Crippen molar-refractivity contribution < 1.29 is 8.42 Å². The van der Waals surface area contributed by atoms with Gasteiger partial charge in [0.15, 0.2) is 9.84 Å². The lowest BCUT2D eigenvalue weighted by Gasteiger charge is -2.10. The van der Waals surface area contributed by atoms with Gasteiger partial charge >= 0.3 is 0 Å². The van der Waals surface area contributed by atoms with E-state index in [0.29, 0.717) is 11.4 Å². The van der Waals surface area contributed by atoms with Gasteiger partial charge in [-0.15, -0.1) is 0 Å².